The fraction of sp³-hybridized carbons (Fsp3) is 0.583. The van der Waals surface area contributed by atoms with Crippen LogP contribution in [-0.2, 0) is 11.2 Å². The van der Waals surface area contributed by atoms with Crippen LogP contribution in [0.1, 0.15) is 44.1 Å². The highest BCUT2D eigenvalue weighted by atomic mass is 16.5. The molecular formula is C24H37NO3. The summed E-state index contributed by atoms with van der Waals surface area (Å²) in [6, 6.07) is 10.6. The van der Waals surface area contributed by atoms with Crippen molar-refractivity contribution < 1.29 is 14.9 Å². The third-order valence-corrected chi connectivity index (χ3v) is 5.35. The van der Waals surface area contributed by atoms with Crippen LogP contribution in [0, 0.1) is 5.41 Å². The van der Waals surface area contributed by atoms with Crippen LogP contribution in [0.3, 0.4) is 0 Å². The first-order valence-corrected chi connectivity index (χ1v) is 10.7. The van der Waals surface area contributed by atoms with E-state index >= 15 is 0 Å². The zero-order valence-electron chi connectivity index (χ0n) is 17.1. The van der Waals surface area contributed by atoms with Gasteiger partial charge in [-0.1, -0.05) is 48.6 Å². The maximum absolute atomic E-state index is 9.76. The first kappa shape index (κ1) is 22.8. The van der Waals surface area contributed by atoms with E-state index in [1.807, 2.05) is 12.2 Å². The summed E-state index contributed by atoms with van der Waals surface area (Å²) >= 11 is 0. The summed E-state index contributed by atoms with van der Waals surface area (Å²) in [7, 11) is 0. The fourth-order valence-electron chi connectivity index (χ4n) is 3.60. The summed E-state index contributed by atoms with van der Waals surface area (Å²) in [5.41, 5.74) is 2.12. The molecule has 1 unspecified atom stereocenters. The molecule has 0 bridgehead atoms. The average Bonchev–Trinajstić information content (AvgIpc) is 2.75. The van der Waals surface area contributed by atoms with Crippen LogP contribution in [-0.4, -0.2) is 49.7 Å². The van der Waals surface area contributed by atoms with E-state index in [1.54, 1.807) is 0 Å². The van der Waals surface area contributed by atoms with Gasteiger partial charge in [-0.15, -0.1) is 0 Å². The maximum Gasteiger partial charge on any atom is 0.0645 e. The number of aryl methyl sites for hydroxylation is 1. The Balaban J connectivity index is 1.40. The summed E-state index contributed by atoms with van der Waals surface area (Å²) < 4.78 is 5.74. The lowest BCUT2D eigenvalue weighted by Crippen LogP contribution is -2.37. The number of nitrogens with one attached hydrogen (secondary N) is 1. The van der Waals surface area contributed by atoms with Gasteiger partial charge in [0, 0.05) is 25.2 Å². The minimum absolute atomic E-state index is 0.0678. The number of rotatable bonds is 15. The second-order valence-corrected chi connectivity index (χ2v) is 7.83. The highest BCUT2D eigenvalue weighted by Crippen LogP contribution is 2.30. The summed E-state index contributed by atoms with van der Waals surface area (Å²) in [6.45, 7) is 3.57. The lowest BCUT2D eigenvalue weighted by Gasteiger charge is -2.32. The van der Waals surface area contributed by atoms with E-state index in [9.17, 15) is 10.2 Å². The smallest absolute Gasteiger partial charge is 0.0645 e. The Bertz CT molecular complexity index is 585. The Hall–Kier alpha value is -1.46. The molecule has 1 aromatic rings. The summed E-state index contributed by atoms with van der Waals surface area (Å²) in [5.74, 6) is 0. The van der Waals surface area contributed by atoms with Crippen molar-refractivity contribution in [3.05, 3.63) is 59.7 Å². The fourth-order valence-corrected chi connectivity index (χ4v) is 3.60. The summed E-state index contributed by atoms with van der Waals surface area (Å²) in [5, 5.41) is 22.5. The lowest BCUT2D eigenvalue weighted by atomic mass is 9.79. The van der Waals surface area contributed by atoms with Gasteiger partial charge in [0.2, 0.25) is 0 Å². The molecule has 0 radical (unpaired) electrons. The molecular weight excluding hydrogens is 350 g/mol. The first-order valence-electron chi connectivity index (χ1n) is 10.7. The van der Waals surface area contributed by atoms with Crippen LogP contribution in [0.2, 0.25) is 0 Å². The van der Waals surface area contributed by atoms with Crippen molar-refractivity contribution in [1.82, 2.24) is 5.32 Å². The molecule has 4 nitrogen and oxygen atoms in total. The third kappa shape index (κ3) is 8.70. The Kier molecular flexibility index (Phi) is 11.1. The molecule has 2 rings (SSSR count). The Morgan fingerprint density at radius 2 is 1.75 bits per heavy atom. The summed E-state index contributed by atoms with van der Waals surface area (Å²) in [4.78, 5) is 0. The molecule has 0 amide bonds. The molecule has 4 heteroatoms. The van der Waals surface area contributed by atoms with Crippen molar-refractivity contribution in [2.75, 3.05) is 39.5 Å². The van der Waals surface area contributed by atoms with Gasteiger partial charge in [0.15, 0.2) is 0 Å². The first-order chi connectivity index (χ1) is 13.8. The van der Waals surface area contributed by atoms with Crippen molar-refractivity contribution in [3.8, 4) is 0 Å². The molecule has 0 spiro atoms. The monoisotopic (exact) mass is 387 g/mol. The van der Waals surface area contributed by atoms with Gasteiger partial charge in [0.1, 0.15) is 0 Å². The highest BCUT2D eigenvalue weighted by Gasteiger charge is 2.28. The molecule has 3 N–H and O–H groups in total. The number of aliphatic hydroxyl groups is 2. The molecule has 1 atom stereocenters. The number of ether oxygens (including phenoxy) is 1. The van der Waals surface area contributed by atoms with Crippen molar-refractivity contribution in [2.45, 2.75) is 44.9 Å². The largest absolute Gasteiger partial charge is 0.395 e. The maximum atomic E-state index is 9.76. The average molecular weight is 388 g/mol. The van der Waals surface area contributed by atoms with Gasteiger partial charge in [-0.05, 0) is 62.6 Å². The van der Waals surface area contributed by atoms with E-state index in [1.165, 1.54) is 12.0 Å². The predicted octanol–water partition coefficient (Wildman–Crippen LogP) is 3.64. The zero-order chi connectivity index (χ0) is 19.9. The number of hydrogen-bond acceptors (Lipinski definition) is 4. The van der Waals surface area contributed by atoms with Gasteiger partial charge in [0.25, 0.3) is 0 Å². The molecule has 1 aliphatic carbocycles. The number of benzene rings is 1. The van der Waals surface area contributed by atoms with Gasteiger partial charge in [-0.3, -0.25) is 0 Å². The SMILES string of the molecule is OCC1=CC=CC(CO)(CNCCCCCOCCCCc2ccccc2)C1. The van der Waals surface area contributed by atoms with Crippen LogP contribution in [0.25, 0.3) is 0 Å². The van der Waals surface area contributed by atoms with Crippen molar-refractivity contribution >= 4 is 0 Å². The van der Waals surface area contributed by atoms with Crippen LogP contribution >= 0.6 is 0 Å². The van der Waals surface area contributed by atoms with Crippen LogP contribution in [0.5, 0.6) is 0 Å². The molecule has 0 aliphatic heterocycles. The zero-order valence-corrected chi connectivity index (χ0v) is 17.1. The van der Waals surface area contributed by atoms with E-state index in [4.69, 9.17) is 4.74 Å². The minimum atomic E-state index is -0.268. The molecule has 28 heavy (non-hydrogen) atoms. The molecule has 1 aromatic carbocycles. The van der Waals surface area contributed by atoms with Crippen LogP contribution < -0.4 is 5.32 Å². The summed E-state index contributed by atoms with van der Waals surface area (Å²) in [6.07, 6.45) is 13.5. The standard InChI is InChI=1S/C24H37NO3/c26-19-23-13-9-14-24(18-23,21-27)20-25-15-6-2-7-16-28-17-8-5-12-22-10-3-1-4-11-22/h1,3-4,9-11,13-14,25-27H,2,5-8,12,15-21H2. The molecule has 0 fully saturated rings. The quantitative estimate of drug-likeness (QED) is 0.402. The minimum Gasteiger partial charge on any atom is -0.395 e. The van der Waals surface area contributed by atoms with Crippen molar-refractivity contribution in [3.63, 3.8) is 0 Å². The van der Waals surface area contributed by atoms with Crippen LogP contribution in [0.15, 0.2) is 54.1 Å². The van der Waals surface area contributed by atoms with Crippen molar-refractivity contribution in [2.24, 2.45) is 5.41 Å². The molecule has 0 heterocycles. The van der Waals surface area contributed by atoms with E-state index in [0.29, 0.717) is 0 Å². The Labute approximate surface area is 170 Å². The molecule has 0 saturated heterocycles. The third-order valence-electron chi connectivity index (χ3n) is 5.35. The van der Waals surface area contributed by atoms with Gasteiger partial charge in [-0.25, -0.2) is 0 Å². The number of aliphatic hydroxyl groups excluding tert-OH is 2. The van der Waals surface area contributed by atoms with E-state index in [0.717, 1.165) is 70.4 Å². The second-order valence-electron chi connectivity index (χ2n) is 7.83. The number of unbranched alkanes of at least 4 members (excludes halogenated alkanes) is 3. The molecule has 156 valence electrons. The second kappa shape index (κ2) is 13.7. The van der Waals surface area contributed by atoms with Gasteiger partial charge < -0.3 is 20.3 Å². The molecule has 1 aliphatic rings. The van der Waals surface area contributed by atoms with Gasteiger partial charge >= 0.3 is 0 Å². The topological polar surface area (TPSA) is 61.7 Å². The van der Waals surface area contributed by atoms with E-state index < -0.39 is 0 Å². The van der Waals surface area contributed by atoms with E-state index in [2.05, 4.69) is 41.7 Å². The predicted molar refractivity (Wildman–Crippen MR) is 115 cm³/mol. The highest BCUT2D eigenvalue weighted by molar-refractivity contribution is 5.24. The van der Waals surface area contributed by atoms with Crippen molar-refractivity contribution in [1.29, 1.82) is 0 Å². The Morgan fingerprint density at radius 1 is 0.964 bits per heavy atom. The molecule has 0 saturated carbocycles. The lowest BCUT2D eigenvalue weighted by molar-refractivity contribution is 0.126. The van der Waals surface area contributed by atoms with Gasteiger partial charge in [0.05, 0.1) is 13.2 Å². The van der Waals surface area contributed by atoms with E-state index in [-0.39, 0.29) is 18.6 Å². The molecule has 0 aromatic heterocycles. The van der Waals surface area contributed by atoms with Gasteiger partial charge in [-0.2, -0.15) is 0 Å². The normalized spacial score (nSPS) is 19.0. The number of allylic oxidation sites excluding steroid dienone is 2. The Morgan fingerprint density at radius 3 is 2.50 bits per heavy atom. The number of hydrogen-bond donors (Lipinski definition) is 3. The van der Waals surface area contributed by atoms with Crippen LogP contribution in [0.4, 0.5) is 0 Å².